The summed E-state index contributed by atoms with van der Waals surface area (Å²) in [6.07, 6.45) is 2.09. The summed E-state index contributed by atoms with van der Waals surface area (Å²) in [6, 6.07) is 8.52. The van der Waals surface area contributed by atoms with Crippen LogP contribution >= 0.6 is 19.6 Å². The monoisotopic (exact) mass is 521 g/mol. The second-order valence-corrected chi connectivity index (χ2v) is 8.71. The predicted molar refractivity (Wildman–Crippen MR) is 116 cm³/mol. The molecule has 0 fully saturated rings. The number of thioether (sulfide) groups is 1. The maximum absolute atomic E-state index is 12.7. The van der Waals surface area contributed by atoms with Crippen molar-refractivity contribution in [1.82, 2.24) is 14.9 Å². The molecule has 13 heteroatoms. The third-order valence-corrected chi connectivity index (χ3v) is 5.82. The molecule has 2 aromatic rings. The fourth-order valence-corrected chi connectivity index (χ4v) is 3.78. The molecule has 1 aromatic heterocycles. The Morgan fingerprint density at radius 3 is 2.53 bits per heavy atom. The molecule has 10 nitrogen and oxygen atoms in total. The molecule has 0 spiro atoms. The van der Waals surface area contributed by atoms with E-state index in [1.165, 1.54) is 11.1 Å². The summed E-state index contributed by atoms with van der Waals surface area (Å²) in [5, 5.41) is -0.282. The Bertz CT molecular complexity index is 1020. The Hall–Kier alpha value is -2.04. The van der Waals surface area contributed by atoms with Crippen molar-refractivity contribution >= 4 is 36.9 Å². The van der Waals surface area contributed by atoms with Crippen LogP contribution in [0.3, 0.4) is 0 Å². The Kier molecular flexibility index (Phi) is 11.2. The third-order valence-electron chi connectivity index (χ3n) is 4.13. The van der Waals surface area contributed by atoms with Crippen LogP contribution in [0.25, 0.3) is 0 Å². The van der Waals surface area contributed by atoms with E-state index in [2.05, 4.69) is 14.5 Å². The summed E-state index contributed by atoms with van der Waals surface area (Å²) < 4.78 is 15.5. The van der Waals surface area contributed by atoms with Gasteiger partial charge in [-0.2, -0.15) is 0 Å². The maximum Gasteiger partial charge on any atom is 0.469 e. The number of nitrogens with zero attached hydrogens (tertiary/aromatic N) is 3. The fraction of sp³-hybridized carbons (Fsp3) is 0.263. The average molecular weight is 521 g/mol. The summed E-state index contributed by atoms with van der Waals surface area (Å²) in [6.45, 7) is 3.03. The van der Waals surface area contributed by atoms with E-state index in [4.69, 9.17) is 15.5 Å². The zero-order valence-electron chi connectivity index (χ0n) is 17.3. The normalized spacial score (nSPS) is 11.9. The summed E-state index contributed by atoms with van der Waals surface area (Å²) in [5.41, 5.74) is 7.29. The van der Waals surface area contributed by atoms with E-state index in [9.17, 15) is 14.2 Å². The van der Waals surface area contributed by atoms with Crippen molar-refractivity contribution in [3.05, 3.63) is 64.1 Å². The van der Waals surface area contributed by atoms with E-state index in [0.29, 0.717) is 34.0 Å². The van der Waals surface area contributed by atoms with E-state index < -0.39 is 7.82 Å². The number of amides is 1. The van der Waals surface area contributed by atoms with E-state index in [1.807, 2.05) is 0 Å². The second kappa shape index (κ2) is 12.9. The number of benzene rings is 1. The van der Waals surface area contributed by atoms with E-state index in [-0.39, 0.29) is 47.6 Å². The Morgan fingerprint density at radius 2 is 1.97 bits per heavy atom. The molecule has 32 heavy (non-hydrogen) atoms. The van der Waals surface area contributed by atoms with Crippen molar-refractivity contribution in [2.24, 2.45) is 0 Å². The zero-order chi connectivity index (χ0) is 23.0. The van der Waals surface area contributed by atoms with Gasteiger partial charge < -0.3 is 20.4 Å². The van der Waals surface area contributed by atoms with Crippen LogP contribution in [-0.2, 0) is 37.5 Å². The third kappa shape index (κ3) is 8.83. The number of hydrogen-bond donors (Lipinski definition) is 3. The molecule has 0 aliphatic heterocycles. The number of hydrogen-bond acceptors (Lipinski definition) is 8. The number of rotatable bonds is 10. The predicted octanol–water partition coefficient (Wildman–Crippen LogP) is 2.63. The van der Waals surface area contributed by atoms with Gasteiger partial charge in [-0.15, -0.1) is 0 Å². The van der Waals surface area contributed by atoms with Gasteiger partial charge in [0.2, 0.25) is 11.5 Å². The molecule has 0 saturated carbocycles. The molecule has 0 unspecified atom stereocenters. The van der Waals surface area contributed by atoms with Crippen LogP contribution in [0.2, 0.25) is 0 Å². The summed E-state index contributed by atoms with van der Waals surface area (Å²) in [4.78, 5) is 52.2. The topological polar surface area (TPSA) is 156 Å². The zero-order valence-corrected chi connectivity index (χ0v) is 20.2. The largest absolute Gasteiger partial charge is 0.469 e. The quantitative estimate of drug-likeness (QED) is 0.241. The van der Waals surface area contributed by atoms with Crippen LogP contribution in [0.1, 0.15) is 35.1 Å². The first kappa shape index (κ1) is 28.0. The minimum atomic E-state index is -4.67. The molecule has 0 atom stereocenters. The van der Waals surface area contributed by atoms with Crippen molar-refractivity contribution in [2.75, 3.05) is 12.3 Å². The first-order chi connectivity index (χ1) is 14.6. The van der Waals surface area contributed by atoms with Gasteiger partial charge in [0.25, 0.3) is 0 Å². The average Bonchev–Trinajstić information content (AvgIpc) is 2.71. The van der Waals surface area contributed by atoms with Crippen LogP contribution in [0.4, 0.5) is 5.82 Å². The van der Waals surface area contributed by atoms with E-state index in [0.717, 1.165) is 11.8 Å². The van der Waals surface area contributed by atoms with Crippen molar-refractivity contribution in [3.63, 3.8) is 0 Å². The number of aromatic nitrogens is 2. The SMILES string of the molecule is C/C(=C(\CCOP(=O)(O)O)SC(=O)c1ccccc1)N(C=O)Cc1cnc(C)nc1N.[Mn]. The summed E-state index contributed by atoms with van der Waals surface area (Å²) >= 11 is 0.862. The number of nitrogens with two attached hydrogens (primary N) is 1. The van der Waals surface area contributed by atoms with Crippen LogP contribution in [0, 0.1) is 6.92 Å². The number of phosphoric ester groups is 1. The van der Waals surface area contributed by atoms with Crippen LogP contribution < -0.4 is 5.73 Å². The van der Waals surface area contributed by atoms with Gasteiger partial charge in [0.05, 0.1) is 13.2 Å². The molecule has 0 bridgehead atoms. The second-order valence-electron chi connectivity index (χ2n) is 6.40. The molecule has 0 saturated heterocycles. The first-order valence-electron chi connectivity index (χ1n) is 9.07. The minimum absolute atomic E-state index is 0. The van der Waals surface area contributed by atoms with Gasteiger partial charge in [-0.25, -0.2) is 14.5 Å². The van der Waals surface area contributed by atoms with Crippen molar-refractivity contribution in [3.8, 4) is 0 Å². The van der Waals surface area contributed by atoms with Crippen LogP contribution in [0.15, 0.2) is 47.1 Å². The van der Waals surface area contributed by atoms with Gasteiger partial charge in [0.15, 0.2) is 0 Å². The molecule has 2 rings (SSSR count). The van der Waals surface area contributed by atoms with Crippen molar-refractivity contribution in [1.29, 1.82) is 0 Å². The molecule has 1 radical (unpaired) electrons. The molecule has 0 aliphatic rings. The Balaban J connectivity index is 0.00000512. The number of anilines is 1. The molecule has 1 heterocycles. The first-order valence-corrected chi connectivity index (χ1v) is 11.4. The Labute approximate surface area is 200 Å². The number of phosphoric acid groups is 1. The number of nitrogen functional groups attached to an aromatic ring is 1. The molecular formula is C19H23MnN4O6PS. The number of carbonyl (C=O) groups is 2. The molecule has 173 valence electrons. The van der Waals surface area contributed by atoms with Crippen molar-refractivity contribution in [2.45, 2.75) is 26.8 Å². The van der Waals surface area contributed by atoms with Gasteiger partial charge >= 0.3 is 7.82 Å². The van der Waals surface area contributed by atoms with Crippen molar-refractivity contribution < 1.29 is 45.5 Å². The summed E-state index contributed by atoms with van der Waals surface area (Å²) in [7, 11) is -4.67. The van der Waals surface area contributed by atoms with Gasteiger partial charge in [-0.05, 0) is 25.6 Å². The Morgan fingerprint density at radius 1 is 1.31 bits per heavy atom. The molecule has 4 N–H and O–H groups in total. The van der Waals surface area contributed by atoms with Crippen LogP contribution in [0.5, 0.6) is 0 Å². The minimum Gasteiger partial charge on any atom is -0.383 e. The van der Waals surface area contributed by atoms with E-state index in [1.54, 1.807) is 44.2 Å². The summed E-state index contributed by atoms with van der Waals surface area (Å²) in [5.74, 6) is 0.719. The van der Waals surface area contributed by atoms with Gasteiger partial charge in [0, 0.05) is 51.4 Å². The smallest absolute Gasteiger partial charge is 0.383 e. The van der Waals surface area contributed by atoms with Crippen LogP contribution in [-0.4, -0.2) is 42.8 Å². The molecular weight excluding hydrogens is 498 g/mol. The standard InChI is InChI=1S/C19H23N4O6PS.Mn/c1-13(23(12-24)11-16-10-21-14(2)22-18(16)20)17(8-9-29-30(26,27)28)31-19(25)15-6-4-3-5-7-15;/h3-7,10,12H,8-9,11H2,1-2H3,(H2,20,21,22)(H2,26,27,28);/b17-13-;. The maximum atomic E-state index is 12.7. The van der Waals surface area contributed by atoms with Gasteiger partial charge in [-0.3, -0.25) is 14.1 Å². The van der Waals surface area contributed by atoms with Gasteiger partial charge in [0.1, 0.15) is 11.6 Å². The number of aryl methyl sites for hydroxylation is 1. The molecule has 0 aliphatic carbocycles. The number of allylic oxidation sites excluding steroid dienone is 1. The fourth-order valence-electron chi connectivity index (χ4n) is 2.52. The van der Waals surface area contributed by atoms with Gasteiger partial charge in [-0.1, -0.05) is 30.3 Å². The number of carbonyl (C=O) groups excluding carboxylic acids is 2. The molecule has 1 amide bonds. The molecule has 1 aromatic carbocycles. The van der Waals surface area contributed by atoms with E-state index >= 15 is 0 Å².